The Balaban J connectivity index is 1.69. The number of nitrogens with zero attached hydrogens (tertiary/aromatic N) is 3. The lowest BCUT2D eigenvalue weighted by molar-refractivity contribution is -0.138. The molecule has 0 unspecified atom stereocenters. The molecule has 0 aliphatic carbocycles. The van der Waals surface area contributed by atoms with E-state index in [0.717, 1.165) is 41.7 Å². The van der Waals surface area contributed by atoms with Gasteiger partial charge < -0.3 is 14.7 Å². The van der Waals surface area contributed by atoms with Crippen LogP contribution in [0.25, 0.3) is 22.0 Å². The highest BCUT2D eigenvalue weighted by atomic mass is 35.5. The first-order chi connectivity index (χ1) is 14.0. The molecule has 3 aromatic rings. The summed E-state index contributed by atoms with van der Waals surface area (Å²) in [7, 11) is 0. The third kappa shape index (κ3) is 4.32. The Hall–Kier alpha value is -2.35. The number of aromatic nitrogens is 3. The number of rotatable bonds is 7. The van der Waals surface area contributed by atoms with Gasteiger partial charge in [-0.1, -0.05) is 23.2 Å². The number of carboxylic acid groups (broad SMARTS) is 1. The van der Waals surface area contributed by atoms with Gasteiger partial charge in [-0.3, -0.25) is 9.89 Å². The second-order valence-electron chi connectivity index (χ2n) is 7.00. The van der Waals surface area contributed by atoms with Crippen LogP contribution < -0.4 is 4.90 Å². The third-order valence-corrected chi connectivity index (χ3v) is 5.58. The summed E-state index contributed by atoms with van der Waals surface area (Å²) in [5.74, 6) is -0.0423. The maximum atomic E-state index is 10.7. The Bertz CT molecular complexity index is 1030. The number of benzene rings is 1. The Labute approximate surface area is 177 Å². The number of carbonyl (C=O) groups is 1. The molecular formula is C20H20Cl2N4O3. The quantitative estimate of drug-likeness (QED) is 0.535. The highest BCUT2D eigenvalue weighted by Gasteiger charge is 2.27. The molecule has 9 heteroatoms. The highest BCUT2D eigenvalue weighted by Crippen LogP contribution is 2.38. The zero-order valence-corrected chi connectivity index (χ0v) is 17.1. The molecule has 1 aromatic carbocycles. The number of ether oxygens (including phenoxy) is 1. The SMILES string of the molecule is O=C(O)CCOC[C@@H]1CCCN1c1cc(-c2cn[nH]c2)c2c(Cl)cc(Cl)cc2n1. The topological polar surface area (TPSA) is 91.3 Å². The number of pyridine rings is 1. The van der Waals surface area contributed by atoms with Crippen molar-refractivity contribution in [2.75, 3.05) is 24.7 Å². The summed E-state index contributed by atoms with van der Waals surface area (Å²) < 4.78 is 5.60. The summed E-state index contributed by atoms with van der Waals surface area (Å²) in [6.45, 7) is 1.52. The monoisotopic (exact) mass is 434 g/mol. The average molecular weight is 435 g/mol. The van der Waals surface area contributed by atoms with Crippen molar-refractivity contribution in [2.24, 2.45) is 0 Å². The molecule has 1 saturated heterocycles. The summed E-state index contributed by atoms with van der Waals surface area (Å²) in [6.07, 6.45) is 5.55. The molecule has 2 aromatic heterocycles. The number of H-pyrrole nitrogens is 1. The number of nitrogens with one attached hydrogen (secondary N) is 1. The van der Waals surface area contributed by atoms with E-state index in [1.807, 2.05) is 18.3 Å². The molecule has 0 bridgehead atoms. The van der Waals surface area contributed by atoms with Gasteiger partial charge in [0.15, 0.2) is 0 Å². The van der Waals surface area contributed by atoms with E-state index in [1.165, 1.54) is 0 Å². The molecular weight excluding hydrogens is 415 g/mol. The first-order valence-corrected chi connectivity index (χ1v) is 10.1. The lowest BCUT2D eigenvalue weighted by Gasteiger charge is -2.26. The molecule has 1 fully saturated rings. The minimum Gasteiger partial charge on any atom is -0.481 e. The van der Waals surface area contributed by atoms with Crippen LogP contribution in [0.2, 0.25) is 10.0 Å². The number of hydrogen-bond donors (Lipinski definition) is 2. The molecule has 152 valence electrons. The zero-order valence-electron chi connectivity index (χ0n) is 15.6. The number of aromatic amines is 1. The molecule has 0 spiro atoms. The van der Waals surface area contributed by atoms with E-state index < -0.39 is 5.97 Å². The number of halogens is 2. The second-order valence-corrected chi connectivity index (χ2v) is 7.85. The van der Waals surface area contributed by atoms with Crippen molar-refractivity contribution in [3.63, 3.8) is 0 Å². The third-order valence-electron chi connectivity index (χ3n) is 5.06. The van der Waals surface area contributed by atoms with Crippen molar-refractivity contribution in [3.05, 3.63) is 40.6 Å². The van der Waals surface area contributed by atoms with E-state index in [0.29, 0.717) is 22.2 Å². The molecule has 0 saturated carbocycles. The molecule has 29 heavy (non-hydrogen) atoms. The number of carboxylic acids is 1. The van der Waals surface area contributed by atoms with Crippen LogP contribution in [0.15, 0.2) is 30.6 Å². The van der Waals surface area contributed by atoms with Crippen LogP contribution in [0.5, 0.6) is 0 Å². The normalized spacial score (nSPS) is 16.6. The van der Waals surface area contributed by atoms with E-state index >= 15 is 0 Å². The highest BCUT2D eigenvalue weighted by molar-refractivity contribution is 6.39. The fourth-order valence-electron chi connectivity index (χ4n) is 3.73. The maximum Gasteiger partial charge on any atom is 0.305 e. The van der Waals surface area contributed by atoms with Gasteiger partial charge in [0.05, 0.1) is 42.4 Å². The number of aliphatic carboxylic acids is 1. The van der Waals surface area contributed by atoms with Gasteiger partial charge in [-0.2, -0.15) is 5.10 Å². The molecule has 1 aliphatic heterocycles. The molecule has 2 N–H and O–H groups in total. The molecule has 3 heterocycles. The molecule has 4 rings (SSSR count). The first-order valence-electron chi connectivity index (χ1n) is 9.38. The van der Waals surface area contributed by atoms with Gasteiger partial charge in [-0.15, -0.1) is 0 Å². The predicted octanol–water partition coefficient (Wildman–Crippen LogP) is 4.39. The smallest absolute Gasteiger partial charge is 0.305 e. The van der Waals surface area contributed by atoms with E-state index in [9.17, 15) is 4.79 Å². The lowest BCUT2D eigenvalue weighted by atomic mass is 10.0. The first kappa shape index (κ1) is 19.9. The Morgan fingerprint density at radius 2 is 2.21 bits per heavy atom. The fourth-order valence-corrected chi connectivity index (χ4v) is 4.32. The van der Waals surface area contributed by atoms with Gasteiger partial charge in [0.2, 0.25) is 0 Å². The van der Waals surface area contributed by atoms with Gasteiger partial charge in [0, 0.05) is 28.7 Å². The minimum absolute atomic E-state index is 0.00256. The van der Waals surface area contributed by atoms with Crippen LogP contribution in [0, 0.1) is 0 Å². The van der Waals surface area contributed by atoms with E-state index in [2.05, 4.69) is 15.1 Å². The second kappa shape index (κ2) is 8.57. The van der Waals surface area contributed by atoms with Crippen LogP contribution >= 0.6 is 23.2 Å². The van der Waals surface area contributed by atoms with Crippen molar-refractivity contribution < 1.29 is 14.6 Å². The standard InChI is InChI=1S/C20H20Cl2N4O3/c21-13-6-16(22)20-15(12-9-23-24-10-12)8-18(25-17(20)7-13)26-4-1-2-14(26)11-29-5-3-19(27)28/h6-10,14H,1-5,11H2,(H,23,24)(H,27,28)/t14-/m0/s1. The summed E-state index contributed by atoms with van der Waals surface area (Å²) in [5.41, 5.74) is 2.56. The lowest BCUT2D eigenvalue weighted by Crippen LogP contribution is -2.34. The number of anilines is 1. The van der Waals surface area contributed by atoms with Gasteiger partial charge >= 0.3 is 5.97 Å². The predicted molar refractivity (Wildman–Crippen MR) is 113 cm³/mol. The maximum absolute atomic E-state index is 10.7. The van der Waals surface area contributed by atoms with Crippen molar-refractivity contribution in [3.8, 4) is 11.1 Å². The van der Waals surface area contributed by atoms with Crippen molar-refractivity contribution in [1.29, 1.82) is 0 Å². The molecule has 1 atom stereocenters. The van der Waals surface area contributed by atoms with E-state index in [-0.39, 0.29) is 19.1 Å². The van der Waals surface area contributed by atoms with Crippen LogP contribution in [-0.2, 0) is 9.53 Å². The largest absolute Gasteiger partial charge is 0.481 e. The Morgan fingerprint density at radius 3 is 2.97 bits per heavy atom. The van der Waals surface area contributed by atoms with Gasteiger partial charge in [0.25, 0.3) is 0 Å². The van der Waals surface area contributed by atoms with Crippen LogP contribution in [0.1, 0.15) is 19.3 Å². The summed E-state index contributed by atoms with van der Waals surface area (Å²) in [4.78, 5) is 17.7. The van der Waals surface area contributed by atoms with Gasteiger partial charge in [-0.25, -0.2) is 4.98 Å². The minimum atomic E-state index is -0.858. The van der Waals surface area contributed by atoms with Crippen molar-refractivity contribution in [2.45, 2.75) is 25.3 Å². The Morgan fingerprint density at radius 1 is 1.34 bits per heavy atom. The Kier molecular flexibility index (Phi) is 5.89. The molecule has 7 nitrogen and oxygen atoms in total. The molecule has 0 amide bonds. The van der Waals surface area contributed by atoms with E-state index in [4.69, 9.17) is 38.0 Å². The van der Waals surface area contributed by atoms with Crippen molar-refractivity contribution in [1.82, 2.24) is 15.2 Å². The molecule has 0 radical (unpaired) electrons. The van der Waals surface area contributed by atoms with Gasteiger partial charge in [0.1, 0.15) is 5.82 Å². The number of fused-ring (bicyclic) bond motifs is 1. The van der Waals surface area contributed by atoms with Crippen LogP contribution in [0.4, 0.5) is 5.82 Å². The summed E-state index contributed by atoms with van der Waals surface area (Å²) >= 11 is 12.7. The summed E-state index contributed by atoms with van der Waals surface area (Å²) in [6, 6.07) is 5.68. The number of hydrogen-bond acceptors (Lipinski definition) is 5. The zero-order chi connectivity index (χ0) is 20.4. The van der Waals surface area contributed by atoms with Crippen LogP contribution in [0.3, 0.4) is 0 Å². The summed E-state index contributed by atoms with van der Waals surface area (Å²) in [5, 5.41) is 17.6. The van der Waals surface area contributed by atoms with Crippen LogP contribution in [-0.4, -0.2) is 52.1 Å². The van der Waals surface area contributed by atoms with E-state index in [1.54, 1.807) is 12.3 Å². The van der Waals surface area contributed by atoms with Gasteiger partial charge in [-0.05, 0) is 36.6 Å². The average Bonchev–Trinajstić information content (AvgIpc) is 3.35. The van der Waals surface area contributed by atoms with Crippen molar-refractivity contribution >= 4 is 45.9 Å². The molecule has 1 aliphatic rings. The fraction of sp³-hybridized carbons (Fsp3) is 0.350.